The normalized spacial score (nSPS) is 11.3. The van der Waals surface area contributed by atoms with Crippen LogP contribution in [0.2, 0.25) is 0 Å². The van der Waals surface area contributed by atoms with E-state index in [2.05, 4.69) is 10.3 Å². The molecule has 6 nitrogen and oxygen atoms in total. The highest BCUT2D eigenvalue weighted by Gasteiger charge is 2.18. The van der Waals surface area contributed by atoms with Gasteiger partial charge in [0.05, 0.1) is 4.92 Å². The molecule has 6 heteroatoms. The number of pyridine rings is 1. The molecule has 1 heterocycles. The Hall–Kier alpha value is -1.69. The minimum atomic E-state index is -0.453. The maximum Gasteiger partial charge on any atom is 0.290 e. The summed E-state index contributed by atoms with van der Waals surface area (Å²) >= 11 is 0. The van der Waals surface area contributed by atoms with Crippen molar-refractivity contribution in [3.63, 3.8) is 0 Å². The summed E-state index contributed by atoms with van der Waals surface area (Å²) in [4.78, 5) is 14.3. The van der Waals surface area contributed by atoms with E-state index in [1.165, 1.54) is 6.07 Å². The minimum absolute atomic E-state index is 0.00974. The van der Waals surface area contributed by atoms with Crippen molar-refractivity contribution in [2.24, 2.45) is 0 Å². The van der Waals surface area contributed by atoms with Crippen molar-refractivity contribution in [3.8, 4) is 0 Å². The second kappa shape index (κ2) is 5.09. The molecule has 0 bridgehead atoms. The predicted octanol–water partition coefficient (Wildman–Crippen LogP) is 1.87. The predicted molar refractivity (Wildman–Crippen MR) is 65.0 cm³/mol. The van der Waals surface area contributed by atoms with Crippen LogP contribution in [0.4, 0.5) is 11.5 Å². The van der Waals surface area contributed by atoms with Crippen LogP contribution in [0.5, 0.6) is 0 Å². The Balaban J connectivity index is 2.88. The largest absolute Gasteiger partial charge is 0.396 e. The number of hydrogen-bond donors (Lipinski definition) is 2. The topological polar surface area (TPSA) is 88.3 Å². The van der Waals surface area contributed by atoms with Gasteiger partial charge in [-0.2, -0.15) is 0 Å². The van der Waals surface area contributed by atoms with Crippen molar-refractivity contribution >= 4 is 11.5 Å². The fraction of sp³-hybridized carbons (Fsp3) is 0.545. The van der Waals surface area contributed by atoms with Crippen LogP contribution in [0, 0.1) is 17.0 Å². The summed E-state index contributed by atoms with van der Waals surface area (Å²) in [6.07, 6.45) is 0.574. The number of aliphatic hydroxyl groups excluding tert-OH is 1. The smallest absolute Gasteiger partial charge is 0.290 e. The van der Waals surface area contributed by atoms with E-state index < -0.39 is 4.92 Å². The van der Waals surface area contributed by atoms with Crippen LogP contribution in [0.1, 0.15) is 26.0 Å². The van der Waals surface area contributed by atoms with Crippen LogP contribution >= 0.6 is 0 Å². The maximum absolute atomic E-state index is 10.6. The molecule has 0 fully saturated rings. The fourth-order valence-electron chi connectivity index (χ4n) is 1.50. The van der Waals surface area contributed by atoms with Gasteiger partial charge in [-0.1, -0.05) is 0 Å². The molecule has 1 aromatic rings. The van der Waals surface area contributed by atoms with Gasteiger partial charge in [0.25, 0.3) is 5.69 Å². The van der Waals surface area contributed by atoms with E-state index in [0.717, 1.165) is 0 Å². The van der Waals surface area contributed by atoms with E-state index in [9.17, 15) is 10.1 Å². The zero-order chi connectivity index (χ0) is 13.1. The van der Waals surface area contributed by atoms with Crippen LogP contribution in [-0.4, -0.2) is 27.2 Å². The number of hydrogen-bond acceptors (Lipinski definition) is 5. The van der Waals surface area contributed by atoms with E-state index >= 15 is 0 Å². The standard InChI is InChI=1S/C11H17N3O3/c1-8-9(14(16)17)4-5-10(12-8)13-11(2,3)6-7-15/h4-5,15H,6-7H2,1-3H3,(H,12,13). The molecule has 0 aliphatic carbocycles. The molecule has 0 aromatic carbocycles. The molecule has 0 radical (unpaired) electrons. The van der Waals surface area contributed by atoms with Crippen molar-refractivity contribution in [2.45, 2.75) is 32.7 Å². The summed E-state index contributed by atoms with van der Waals surface area (Å²) in [5.41, 5.74) is 0.0833. The lowest BCUT2D eigenvalue weighted by atomic mass is 10.0. The Morgan fingerprint density at radius 1 is 1.53 bits per heavy atom. The first-order chi connectivity index (χ1) is 7.85. The SMILES string of the molecule is Cc1nc(NC(C)(C)CCO)ccc1[N+](=O)[O-]. The van der Waals surface area contributed by atoms with E-state index in [-0.39, 0.29) is 17.8 Å². The first-order valence-corrected chi connectivity index (χ1v) is 5.37. The molecular weight excluding hydrogens is 222 g/mol. The Morgan fingerprint density at radius 2 is 2.18 bits per heavy atom. The number of aromatic nitrogens is 1. The van der Waals surface area contributed by atoms with Gasteiger partial charge >= 0.3 is 0 Å². The third kappa shape index (κ3) is 3.67. The molecule has 1 aromatic heterocycles. The highest BCUT2D eigenvalue weighted by Crippen LogP contribution is 2.21. The van der Waals surface area contributed by atoms with Crippen molar-refractivity contribution in [1.82, 2.24) is 4.98 Å². The summed E-state index contributed by atoms with van der Waals surface area (Å²) < 4.78 is 0. The maximum atomic E-state index is 10.6. The molecule has 1 rings (SSSR count). The Bertz CT molecular complexity index is 418. The van der Waals surface area contributed by atoms with E-state index in [0.29, 0.717) is 17.9 Å². The van der Waals surface area contributed by atoms with Crippen molar-refractivity contribution < 1.29 is 10.0 Å². The molecule has 0 aliphatic heterocycles. The zero-order valence-corrected chi connectivity index (χ0v) is 10.2. The molecule has 0 amide bonds. The molecular formula is C11H17N3O3. The van der Waals surface area contributed by atoms with Crippen LogP contribution in [0.25, 0.3) is 0 Å². The van der Waals surface area contributed by atoms with E-state index in [1.807, 2.05) is 13.8 Å². The highest BCUT2D eigenvalue weighted by atomic mass is 16.6. The van der Waals surface area contributed by atoms with Crippen LogP contribution in [0.15, 0.2) is 12.1 Å². The second-order valence-electron chi connectivity index (χ2n) is 4.54. The monoisotopic (exact) mass is 239 g/mol. The molecule has 0 aliphatic rings. The number of aliphatic hydroxyl groups is 1. The second-order valence-corrected chi connectivity index (χ2v) is 4.54. The molecule has 2 N–H and O–H groups in total. The van der Waals surface area contributed by atoms with E-state index in [4.69, 9.17) is 5.11 Å². The summed E-state index contributed by atoms with van der Waals surface area (Å²) in [6.45, 7) is 5.54. The highest BCUT2D eigenvalue weighted by molar-refractivity contribution is 5.46. The zero-order valence-electron chi connectivity index (χ0n) is 10.2. The lowest BCUT2D eigenvalue weighted by Gasteiger charge is -2.26. The number of rotatable bonds is 5. The third-order valence-corrected chi connectivity index (χ3v) is 2.46. The average molecular weight is 239 g/mol. The molecule has 94 valence electrons. The molecule has 0 atom stereocenters. The molecule has 0 unspecified atom stereocenters. The van der Waals surface area contributed by atoms with Gasteiger partial charge in [-0.15, -0.1) is 0 Å². The van der Waals surface area contributed by atoms with Gasteiger partial charge < -0.3 is 10.4 Å². The third-order valence-electron chi connectivity index (χ3n) is 2.46. The summed E-state index contributed by atoms with van der Waals surface area (Å²) in [7, 11) is 0. The average Bonchev–Trinajstić information content (AvgIpc) is 2.15. The van der Waals surface area contributed by atoms with Crippen LogP contribution in [0.3, 0.4) is 0 Å². The van der Waals surface area contributed by atoms with Gasteiger partial charge in [-0.3, -0.25) is 10.1 Å². The summed E-state index contributed by atoms with van der Waals surface area (Å²) in [5, 5.41) is 22.7. The van der Waals surface area contributed by atoms with Gasteiger partial charge in [0, 0.05) is 18.2 Å². The van der Waals surface area contributed by atoms with Crippen molar-refractivity contribution in [2.75, 3.05) is 11.9 Å². The molecule has 0 saturated heterocycles. The van der Waals surface area contributed by atoms with E-state index in [1.54, 1.807) is 13.0 Å². The fourth-order valence-corrected chi connectivity index (χ4v) is 1.50. The van der Waals surface area contributed by atoms with Gasteiger partial charge in [0.2, 0.25) is 0 Å². The van der Waals surface area contributed by atoms with Crippen molar-refractivity contribution in [1.29, 1.82) is 0 Å². The number of nitrogens with zero attached hydrogens (tertiary/aromatic N) is 2. The van der Waals surface area contributed by atoms with Gasteiger partial charge in [-0.05, 0) is 33.3 Å². The summed E-state index contributed by atoms with van der Waals surface area (Å²) in [6, 6.07) is 3.00. The molecule has 17 heavy (non-hydrogen) atoms. The lowest BCUT2D eigenvalue weighted by molar-refractivity contribution is -0.385. The van der Waals surface area contributed by atoms with Crippen molar-refractivity contribution in [3.05, 3.63) is 27.9 Å². The number of aryl methyl sites for hydroxylation is 1. The first kappa shape index (κ1) is 13.4. The Labute approximate surface area is 99.8 Å². The quantitative estimate of drug-likeness (QED) is 0.605. The summed E-state index contributed by atoms with van der Waals surface area (Å²) in [5.74, 6) is 0.576. The van der Waals surface area contributed by atoms with Gasteiger partial charge in [0.15, 0.2) is 0 Å². The van der Waals surface area contributed by atoms with Crippen LogP contribution in [-0.2, 0) is 0 Å². The van der Waals surface area contributed by atoms with Gasteiger partial charge in [0.1, 0.15) is 11.5 Å². The lowest BCUT2D eigenvalue weighted by Crippen LogP contribution is -2.32. The number of nitrogens with one attached hydrogen (secondary N) is 1. The molecule has 0 spiro atoms. The number of anilines is 1. The number of nitro groups is 1. The Morgan fingerprint density at radius 3 is 2.65 bits per heavy atom. The Kier molecular flexibility index (Phi) is 4.01. The molecule has 0 saturated carbocycles. The van der Waals surface area contributed by atoms with Gasteiger partial charge in [-0.25, -0.2) is 4.98 Å². The first-order valence-electron chi connectivity index (χ1n) is 5.37. The minimum Gasteiger partial charge on any atom is -0.396 e. The van der Waals surface area contributed by atoms with Crippen LogP contribution < -0.4 is 5.32 Å².